The van der Waals surface area contributed by atoms with Gasteiger partial charge in [-0.25, -0.2) is 0 Å². The molecular formula is C16H12N2. The Morgan fingerprint density at radius 1 is 0.722 bits per heavy atom. The molecule has 0 aliphatic heterocycles. The third kappa shape index (κ3) is 1.36. The Morgan fingerprint density at radius 3 is 2.28 bits per heavy atom. The van der Waals surface area contributed by atoms with E-state index in [0.717, 1.165) is 0 Å². The molecule has 3 aromatic heterocycles. The van der Waals surface area contributed by atoms with Gasteiger partial charge in [0.1, 0.15) is 0 Å². The number of fused-ring (bicyclic) bond motifs is 2. The first-order valence-corrected chi connectivity index (χ1v) is 6.04. The molecule has 0 spiro atoms. The molecule has 4 rings (SSSR count). The molecule has 18 heavy (non-hydrogen) atoms. The lowest BCUT2D eigenvalue weighted by molar-refractivity contribution is 1.07. The van der Waals surface area contributed by atoms with Crippen molar-refractivity contribution < 1.29 is 0 Å². The highest BCUT2D eigenvalue weighted by Crippen LogP contribution is 2.19. The van der Waals surface area contributed by atoms with Crippen LogP contribution in [-0.2, 0) is 0 Å². The van der Waals surface area contributed by atoms with Gasteiger partial charge in [0, 0.05) is 36.0 Å². The molecule has 0 amide bonds. The summed E-state index contributed by atoms with van der Waals surface area (Å²) in [6, 6.07) is 16.9. The molecule has 0 fully saturated rings. The van der Waals surface area contributed by atoms with Crippen molar-refractivity contribution in [3.05, 3.63) is 73.3 Å². The van der Waals surface area contributed by atoms with Crippen molar-refractivity contribution in [1.82, 2.24) is 8.97 Å². The number of benzene rings is 1. The van der Waals surface area contributed by atoms with Crippen LogP contribution < -0.4 is 0 Å². The number of hydrogen-bond acceptors (Lipinski definition) is 0. The van der Waals surface area contributed by atoms with E-state index < -0.39 is 0 Å². The topological polar surface area (TPSA) is 9.34 Å². The summed E-state index contributed by atoms with van der Waals surface area (Å²) in [4.78, 5) is 0. The summed E-state index contributed by atoms with van der Waals surface area (Å²) in [5.74, 6) is 0. The third-order valence-corrected chi connectivity index (χ3v) is 3.36. The molecule has 86 valence electrons. The number of rotatable bonds is 1. The second-order valence-corrected chi connectivity index (χ2v) is 4.52. The summed E-state index contributed by atoms with van der Waals surface area (Å²) in [5, 5.41) is 2.54. The lowest BCUT2D eigenvalue weighted by Gasteiger charge is -2.03. The molecule has 0 radical (unpaired) electrons. The fraction of sp³-hybridized carbons (Fsp3) is 0. The summed E-state index contributed by atoms with van der Waals surface area (Å²) in [5.41, 5.74) is 2.41. The summed E-state index contributed by atoms with van der Waals surface area (Å²) in [6.07, 6.45) is 8.49. The fourth-order valence-electron chi connectivity index (χ4n) is 2.41. The van der Waals surface area contributed by atoms with Crippen LogP contribution >= 0.6 is 0 Å². The van der Waals surface area contributed by atoms with Crippen molar-refractivity contribution in [2.45, 2.75) is 0 Å². The number of nitrogens with zero attached hydrogens (tertiary/aromatic N) is 2. The molecule has 3 heterocycles. The number of aromatic nitrogens is 2. The van der Waals surface area contributed by atoms with Crippen LogP contribution in [0.1, 0.15) is 0 Å². The maximum atomic E-state index is 2.19. The zero-order valence-corrected chi connectivity index (χ0v) is 9.82. The standard InChI is InChI=1S/C16H12N2/c1-2-5-14-12-18(11-13(14)4-1)16-7-9-17-8-3-6-15(17)10-16/h1-12H. The molecule has 4 aromatic rings. The van der Waals surface area contributed by atoms with Crippen LogP contribution in [0.4, 0.5) is 0 Å². The SMILES string of the molecule is c1ccc2cn(-c3ccn4cccc4c3)cc2c1. The Labute approximate surface area is 105 Å². The second kappa shape index (κ2) is 3.50. The Hall–Kier alpha value is -2.48. The van der Waals surface area contributed by atoms with E-state index in [1.165, 1.54) is 22.0 Å². The van der Waals surface area contributed by atoms with E-state index in [1.807, 2.05) is 0 Å². The Morgan fingerprint density at radius 2 is 1.50 bits per heavy atom. The van der Waals surface area contributed by atoms with Crippen LogP contribution in [0, 0.1) is 0 Å². The highest BCUT2D eigenvalue weighted by atomic mass is 15.0. The summed E-state index contributed by atoms with van der Waals surface area (Å²) >= 11 is 0. The highest BCUT2D eigenvalue weighted by molar-refractivity contribution is 5.83. The van der Waals surface area contributed by atoms with Gasteiger partial charge in [-0.3, -0.25) is 0 Å². The molecule has 0 N–H and O–H groups in total. The van der Waals surface area contributed by atoms with Crippen molar-refractivity contribution >= 4 is 16.3 Å². The number of hydrogen-bond donors (Lipinski definition) is 0. The van der Waals surface area contributed by atoms with Crippen molar-refractivity contribution in [1.29, 1.82) is 0 Å². The maximum Gasteiger partial charge on any atom is 0.0485 e. The zero-order valence-electron chi connectivity index (χ0n) is 9.82. The zero-order chi connectivity index (χ0) is 11.9. The van der Waals surface area contributed by atoms with Gasteiger partial charge in [-0.2, -0.15) is 0 Å². The Balaban J connectivity index is 1.94. The van der Waals surface area contributed by atoms with Crippen LogP contribution in [0.3, 0.4) is 0 Å². The first-order chi connectivity index (χ1) is 8.90. The molecule has 2 heteroatoms. The van der Waals surface area contributed by atoms with Crippen molar-refractivity contribution in [3.63, 3.8) is 0 Å². The molecule has 0 atom stereocenters. The van der Waals surface area contributed by atoms with Gasteiger partial charge in [0.25, 0.3) is 0 Å². The molecule has 0 bridgehead atoms. The lowest BCUT2D eigenvalue weighted by atomic mass is 10.2. The average molecular weight is 232 g/mol. The van der Waals surface area contributed by atoms with Gasteiger partial charge in [0.2, 0.25) is 0 Å². The van der Waals surface area contributed by atoms with E-state index in [-0.39, 0.29) is 0 Å². The van der Waals surface area contributed by atoms with Crippen LogP contribution in [0.2, 0.25) is 0 Å². The predicted molar refractivity (Wildman–Crippen MR) is 74.2 cm³/mol. The molecular weight excluding hydrogens is 220 g/mol. The Bertz CT molecular complexity index is 803. The molecule has 1 aromatic carbocycles. The minimum Gasteiger partial charge on any atom is -0.324 e. The van der Waals surface area contributed by atoms with Crippen molar-refractivity contribution in [2.75, 3.05) is 0 Å². The van der Waals surface area contributed by atoms with Crippen LogP contribution in [0.25, 0.3) is 22.0 Å². The van der Waals surface area contributed by atoms with Gasteiger partial charge in [-0.1, -0.05) is 24.3 Å². The average Bonchev–Trinajstić information content (AvgIpc) is 3.04. The van der Waals surface area contributed by atoms with E-state index >= 15 is 0 Å². The van der Waals surface area contributed by atoms with Gasteiger partial charge < -0.3 is 8.97 Å². The van der Waals surface area contributed by atoms with Gasteiger partial charge in [0.15, 0.2) is 0 Å². The molecule has 0 saturated carbocycles. The van der Waals surface area contributed by atoms with Gasteiger partial charge in [-0.05, 0) is 35.0 Å². The smallest absolute Gasteiger partial charge is 0.0485 e. The molecule has 0 unspecified atom stereocenters. The molecule has 0 aliphatic rings. The lowest BCUT2D eigenvalue weighted by Crippen LogP contribution is -1.91. The molecule has 0 saturated heterocycles. The van der Waals surface area contributed by atoms with E-state index in [2.05, 4.69) is 82.3 Å². The highest BCUT2D eigenvalue weighted by Gasteiger charge is 2.01. The van der Waals surface area contributed by atoms with Gasteiger partial charge >= 0.3 is 0 Å². The normalized spacial score (nSPS) is 11.3. The first kappa shape index (κ1) is 9.54. The van der Waals surface area contributed by atoms with E-state index in [0.29, 0.717) is 0 Å². The Kier molecular flexibility index (Phi) is 1.86. The fourth-order valence-corrected chi connectivity index (χ4v) is 2.41. The van der Waals surface area contributed by atoms with Gasteiger partial charge in [0.05, 0.1) is 0 Å². The van der Waals surface area contributed by atoms with E-state index in [9.17, 15) is 0 Å². The summed E-state index contributed by atoms with van der Waals surface area (Å²) < 4.78 is 4.30. The second-order valence-electron chi connectivity index (χ2n) is 4.52. The quantitative estimate of drug-likeness (QED) is 0.471. The van der Waals surface area contributed by atoms with Crippen molar-refractivity contribution in [2.24, 2.45) is 0 Å². The largest absolute Gasteiger partial charge is 0.324 e. The van der Waals surface area contributed by atoms with Crippen LogP contribution in [0.5, 0.6) is 0 Å². The minimum atomic E-state index is 1.19. The van der Waals surface area contributed by atoms with Crippen molar-refractivity contribution in [3.8, 4) is 5.69 Å². The molecule has 2 nitrogen and oxygen atoms in total. The summed E-state index contributed by atoms with van der Waals surface area (Å²) in [7, 11) is 0. The van der Waals surface area contributed by atoms with E-state index in [4.69, 9.17) is 0 Å². The summed E-state index contributed by atoms with van der Waals surface area (Å²) in [6.45, 7) is 0. The maximum absolute atomic E-state index is 2.19. The van der Waals surface area contributed by atoms with E-state index in [1.54, 1.807) is 0 Å². The third-order valence-electron chi connectivity index (χ3n) is 3.36. The number of pyridine rings is 1. The molecule has 0 aliphatic carbocycles. The van der Waals surface area contributed by atoms with Crippen LogP contribution in [-0.4, -0.2) is 8.97 Å². The van der Waals surface area contributed by atoms with Gasteiger partial charge in [-0.15, -0.1) is 0 Å². The van der Waals surface area contributed by atoms with Crippen LogP contribution in [0.15, 0.2) is 73.3 Å². The minimum absolute atomic E-state index is 1.19. The predicted octanol–water partition coefficient (Wildman–Crippen LogP) is 3.88. The monoisotopic (exact) mass is 232 g/mol. The first-order valence-electron chi connectivity index (χ1n) is 6.04.